The Morgan fingerprint density at radius 2 is 2.25 bits per heavy atom. The molecule has 0 aromatic carbocycles. The van der Waals surface area contributed by atoms with Crippen LogP contribution >= 0.6 is 22.9 Å². The number of thiophene rings is 1. The van der Waals surface area contributed by atoms with E-state index in [-0.39, 0.29) is 6.04 Å². The van der Waals surface area contributed by atoms with Crippen LogP contribution in [0.4, 0.5) is 0 Å². The third-order valence-corrected chi connectivity index (χ3v) is 2.48. The van der Waals surface area contributed by atoms with E-state index in [9.17, 15) is 0 Å². The standard InChI is InChI=1S/C8H11ClN2S/c1-5(2)11-8(10)6-3-4-7(9)12-6/h3-5H,1-2H3,(H2,10,11). The molecule has 0 bridgehead atoms. The number of amidine groups is 1. The molecule has 4 heteroatoms. The lowest BCUT2D eigenvalue weighted by atomic mass is 10.4. The van der Waals surface area contributed by atoms with Crippen molar-refractivity contribution in [2.75, 3.05) is 0 Å². The first-order valence-corrected chi connectivity index (χ1v) is 4.88. The van der Waals surface area contributed by atoms with Gasteiger partial charge in [0.1, 0.15) is 5.84 Å². The minimum Gasteiger partial charge on any atom is -0.383 e. The van der Waals surface area contributed by atoms with Crippen LogP contribution in [0.1, 0.15) is 18.7 Å². The molecule has 2 N–H and O–H groups in total. The molecule has 0 saturated carbocycles. The highest BCUT2D eigenvalue weighted by atomic mass is 35.5. The monoisotopic (exact) mass is 202 g/mol. The Balaban J connectivity index is 2.84. The van der Waals surface area contributed by atoms with Crippen LogP contribution in [-0.2, 0) is 0 Å². The third kappa shape index (κ3) is 2.50. The van der Waals surface area contributed by atoms with E-state index in [2.05, 4.69) is 4.99 Å². The van der Waals surface area contributed by atoms with Crippen LogP contribution in [0.5, 0.6) is 0 Å². The number of hydrogen-bond donors (Lipinski definition) is 1. The van der Waals surface area contributed by atoms with E-state index in [4.69, 9.17) is 17.3 Å². The van der Waals surface area contributed by atoms with Crippen molar-refractivity contribution in [1.82, 2.24) is 0 Å². The first-order valence-electron chi connectivity index (χ1n) is 3.68. The number of hydrogen-bond acceptors (Lipinski definition) is 2. The van der Waals surface area contributed by atoms with E-state index in [0.29, 0.717) is 5.84 Å². The SMILES string of the molecule is CC(C)N=C(N)c1ccc(Cl)s1. The fourth-order valence-corrected chi connectivity index (χ4v) is 1.75. The van der Waals surface area contributed by atoms with Crippen molar-refractivity contribution in [2.45, 2.75) is 19.9 Å². The maximum Gasteiger partial charge on any atom is 0.136 e. The molecule has 0 saturated heterocycles. The summed E-state index contributed by atoms with van der Waals surface area (Å²) in [5, 5.41) is 0. The van der Waals surface area contributed by atoms with Gasteiger partial charge in [0.25, 0.3) is 0 Å². The summed E-state index contributed by atoms with van der Waals surface area (Å²) in [5.74, 6) is 0.571. The van der Waals surface area contributed by atoms with Gasteiger partial charge in [-0.1, -0.05) is 11.6 Å². The molecule has 12 heavy (non-hydrogen) atoms. The van der Waals surface area contributed by atoms with E-state index in [1.165, 1.54) is 11.3 Å². The molecule has 0 unspecified atom stereocenters. The summed E-state index contributed by atoms with van der Waals surface area (Å²) in [6, 6.07) is 3.93. The van der Waals surface area contributed by atoms with Crippen LogP contribution in [-0.4, -0.2) is 11.9 Å². The van der Waals surface area contributed by atoms with E-state index < -0.39 is 0 Å². The third-order valence-electron chi connectivity index (χ3n) is 1.22. The molecule has 66 valence electrons. The fraction of sp³-hybridized carbons (Fsp3) is 0.375. The van der Waals surface area contributed by atoms with Gasteiger partial charge in [0.05, 0.1) is 9.21 Å². The predicted molar refractivity (Wildman–Crippen MR) is 55.2 cm³/mol. The molecule has 1 aromatic heterocycles. The van der Waals surface area contributed by atoms with Crippen LogP contribution in [0.25, 0.3) is 0 Å². The molecule has 0 spiro atoms. The van der Waals surface area contributed by atoms with Crippen molar-refractivity contribution in [1.29, 1.82) is 0 Å². The molecule has 1 heterocycles. The van der Waals surface area contributed by atoms with Crippen LogP contribution in [0.2, 0.25) is 4.34 Å². The highest BCUT2D eigenvalue weighted by Gasteiger charge is 2.02. The Labute approximate surface area is 81.1 Å². The summed E-state index contributed by atoms with van der Waals surface area (Å²) in [6.07, 6.45) is 0. The van der Waals surface area contributed by atoms with E-state index in [0.717, 1.165) is 9.21 Å². The average molecular weight is 203 g/mol. The zero-order chi connectivity index (χ0) is 9.14. The minimum absolute atomic E-state index is 0.228. The van der Waals surface area contributed by atoms with E-state index >= 15 is 0 Å². The van der Waals surface area contributed by atoms with Crippen molar-refractivity contribution >= 4 is 28.8 Å². The average Bonchev–Trinajstić information content (AvgIpc) is 2.34. The quantitative estimate of drug-likeness (QED) is 0.581. The van der Waals surface area contributed by atoms with Crippen LogP contribution in [0.15, 0.2) is 17.1 Å². The maximum atomic E-state index is 5.75. The summed E-state index contributed by atoms with van der Waals surface area (Å²) in [4.78, 5) is 5.15. The second kappa shape index (κ2) is 3.92. The molecule has 0 radical (unpaired) electrons. The first-order chi connectivity index (χ1) is 5.59. The highest BCUT2D eigenvalue weighted by Crippen LogP contribution is 2.21. The molecular weight excluding hydrogens is 192 g/mol. The number of nitrogens with two attached hydrogens (primary N) is 1. The van der Waals surface area contributed by atoms with Gasteiger partial charge in [-0.05, 0) is 26.0 Å². The van der Waals surface area contributed by atoms with Gasteiger partial charge in [0, 0.05) is 6.04 Å². The topological polar surface area (TPSA) is 38.4 Å². The van der Waals surface area contributed by atoms with Gasteiger partial charge in [-0.2, -0.15) is 0 Å². The summed E-state index contributed by atoms with van der Waals surface area (Å²) in [5.41, 5.74) is 5.71. The molecule has 0 aliphatic heterocycles. The van der Waals surface area contributed by atoms with E-state index in [1.807, 2.05) is 26.0 Å². The van der Waals surface area contributed by atoms with Gasteiger partial charge in [-0.25, -0.2) is 0 Å². The summed E-state index contributed by atoms with van der Waals surface area (Å²) in [6.45, 7) is 3.98. The predicted octanol–water partition coefficient (Wildman–Crippen LogP) is 2.52. The van der Waals surface area contributed by atoms with Gasteiger partial charge in [-0.3, -0.25) is 4.99 Å². The summed E-state index contributed by atoms with van der Waals surface area (Å²) >= 11 is 7.20. The van der Waals surface area contributed by atoms with Crippen LogP contribution in [0.3, 0.4) is 0 Å². The molecule has 2 nitrogen and oxygen atoms in total. The van der Waals surface area contributed by atoms with Crippen molar-refractivity contribution in [3.63, 3.8) is 0 Å². The maximum absolute atomic E-state index is 5.75. The van der Waals surface area contributed by atoms with Gasteiger partial charge < -0.3 is 5.73 Å². The van der Waals surface area contributed by atoms with Crippen molar-refractivity contribution in [3.8, 4) is 0 Å². The zero-order valence-corrected chi connectivity index (χ0v) is 8.62. The lowest BCUT2D eigenvalue weighted by molar-refractivity contribution is 0.835. The van der Waals surface area contributed by atoms with Crippen molar-refractivity contribution in [2.24, 2.45) is 10.7 Å². The van der Waals surface area contributed by atoms with Gasteiger partial charge >= 0.3 is 0 Å². The highest BCUT2D eigenvalue weighted by molar-refractivity contribution is 7.18. The molecule has 0 amide bonds. The van der Waals surface area contributed by atoms with Gasteiger partial charge in [0.15, 0.2) is 0 Å². The lowest BCUT2D eigenvalue weighted by Crippen LogP contribution is -2.13. The molecule has 1 rings (SSSR count). The molecule has 0 aliphatic rings. The summed E-state index contributed by atoms with van der Waals surface area (Å²) < 4.78 is 0.743. The smallest absolute Gasteiger partial charge is 0.136 e. The zero-order valence-electron chi connectivity index (χ0n) is 7.04. The molecule has 0 atom stereocenters. The second-order valence-corrected chi connectivity index (χ2v) is 4.43. The Morgan fingerprint density at radius 3 is 2.67 bits per heavy atom. The van der Waals surface area contributed by atoms with Crippen molar-refractivity contribution < 1.29 is 0 Å². The molecule has 0 aliphatic carbocycles. The van der Waals surface area contributed by atoms with Crippen LogP contribution < -0.4 is 5.73 Å². The van der Waals surface area contributed by atoms with Gasteiger partial charge in [-0.15, -0.1) is 11.3 Å². The summed E-state index contributed by atoms with van der Waals surface area (Å²) in [7, 11) is 0. The Hall–Kier alpha value is -0.540. The fourth-order valence-electron chi connectivity index (χ4n) is 0.794. The lowest BCUT2D eigenvalue weighted by Gasteiger charge is -1.98. The number of halogens is 1. The Bertz CT molecular complexity index is 291. The van der Waals surface area contributed by atoms with Gasteiger partial charge in [0.2, 0.25) is 0 Å². The molecular formula is C8H11ClN2S. The van der Waals surface area contributed by atoms with Crippen LogP contribution in [0, 0.1) is 0 Å². The minimum atomic E-state index is 0.228. The normalized spacial score (nSPS) is 12.5. The van der Waals surface area contributed by atoms with E-state index in [1.54, 1.807) is 0 Å². The molecule has 0 fully saturated rings. The first kappa shape index (κ1) is 9.55. The Kier molecular flexibility index (Phi) is 3.12. The van der Waals surface area contributed by atoms with Crippen molar-refractivity contribution in [3.05, 3.63) is 21.3 Å². The Morgan fingerprint density at radius 1 is 1.58 bits per heavy atom. The largest absolute Gasteiger partial charge is 0.383 e. The number of rotatable bonds is 2. The number of aliphatic imine (C=N–C) groups is 1. The molecule has 1 aromatic rings. The second-order valence-electron chi connectivity index (χ2n) is 2.71. The number of nitrogens with zero attached hydrogens (tertiary/aromatic N) is 1.